The van der Waals surface area contributed by atoms with Gasteiger partial charge < -0.3 is 20.1 Å². The number of hydrogen-bond donors (Lipinski definition) is 2. The Balaban J connectivity index is 1.86. The number of carbonyl (C=O) groups excluding carboxylic acids is 1. The van der Waals surface area contributed by atoms with Gasteiger partial charge in [-0.2, -0.15) is 0 Å². The molecule has 0 aromatic heterocycles. The highest BCUT2D eigenvalue weighted by Gasteiger charge is 2.06. The van der Waals surface area contributed by atoms with Crippen molar-refractivity contribution in [2.75, 3.05) is 25.6 Å². The first-order valence-corrected chi connectivity index (χ1v) is 7.98. The summed E-state index contributed by atoms with van der Waals surface area (Å²) in [6.07, 6.45) is 0. The molecule has 0 spiro atoms. The Morgan fingerprint density at radius 3 is 2.71 bits per heavy atom. The predicted molar refractivity (Wildman–Crippen MR) is 95.9 cm³/mol. The van der Waals surface area contributed by atoms with Gasteiger partial charge in [-0.15, -0.1) is 0 Å². The van der Waals surface area contributed by atoms with Crippen molar-refractivity contribution >= 4 is 23.3 Å². The first-order valence-electron chi connectivity index (χ1n) is 7.60. The third-order valence-electron chi connectivity index (χ3n) is 3.27. The Kier molecular flexibility index (Phi) is 6.90. The van der Waals surface area contributed by atoms with Gasteiger partial charge >= 0.3 is 6.03 Å². The molecule has 0 heterocycles. The number of amides is 2. The van der Waals surface area contributed by atoms with Gasteiger partial charge in [0.05, 0.1) is 11.6 Å². The maximum atomic E-state index is 12.0. The van der Waals surface area contributed by atoms with Gasteiger partial charge in [0, 0.05) is 19.3 Å². The van der Waals surface area contributed by atoms with E-state index in [9.17, 15) is 4.79 Å². The number of anilines is 1. The molecule has 0 fully saturated rings. The number of nitrogens with one attached hydrogen (secondary N) is 2. The number of methoxy groups -OCH3 is 1. The van der Waals surface area contributed by atoms with E-state index in [-0.39, 0.29) is 6.03 Å². The zero-order valence-electron chi connectivity index (χ0n) is 13.8. The van der Waals surface area contributed by atoms with E-state index in [1.807, 2.05) is 31.2 Å². The zero-order valence-corrected chi connectivity index (χ0v) is 14.5. The highest BCUT2D eigenvalue weighted by Crippen LogP contribution is 2.27. The molecular weight excluding hydrogens is 328 g/mol. The van der Waals surface area contributed by atoms with E-state index in [0.717, 1.165) is 11.1 Å². The maximum absolute atomic E-state index is 12.0. The second-order valence-corrected chi connectivity index (χ2v) is 5.69. The van der Waals surface area contributed by atoms with Gasteiger partial charge in [0.2, 0.25) is 0 Å². The number of carbonyl (C=O) groups is 1. The van der Waals surface area contributed by atoms with Crippen LogP contribution in [-0.4, -0.2) is 26.4 Å². The minimum absolute atomic E-state index is 0.291. The number of benzene rings is 2. The molecule has 0 atom stereocenters. The molecule has 5 nitrogen and oxygen atoms in total. The van der Waals surface area contributed by atoms with Crippen LogP contribution in [0.15, 0.2) is 42.5 Å². The van der Waals surface area contributed by atoms with E-state index in [1.54, 1.807) is 25.3 Å². The minimum Gasteiger partial charge on any atom is -0.490 e. The van der Waals surface area contributed by atoms with Crippen LogP contribution in [0.25, 0.3) is 0 Å². The molecule has 2 aromatic carbocycles. The molecule has 2 rings (SSSR count). The summed E-state index contributed by atoms with van der Waals surface area (Å²) in [6, 6.07) is 12.8. The fourth-order valence-electron chi connectivity index (χ4n) is 2.11. The molecule has 0 bridgehead atoms. The smallest absolute Gasteiger partial charge is 0.319 e. The molecular formula is C18H21ClN2O3. The molecule has 0 saturated heterocycles. The van der Waals surface area contributed by atoms with Gasteiger partial charge in [-0.3, -0.25) is 0 Å². The fourth-order valence-corrected chi connectivity index (χ4v) is 2.35. The van der Waals surface area contributed by atoms with Crippen molar-refractivity contribution in [1.82, 2.24) is 5.32 Å². The third-order valence-corrected chi connectivity index (χ3v) is 3.57. The molecule has 128 valence electrons. The van der Waals surface area contributed by atoms with Gasteiger partial charge in [0.1, 0.15) is 12.4 Å². The molecule has 0 aliphatic carbocycles. The van der Waals surface area contributed by atoms with Gasteiger partial charge in [0.15, 0.2) is 0 Å². The van der Waals surface area contributed by atoms with Crippen LogP contribution in [-0.2, 0) is 11.3 Å². The molecule has 0 unspecified atom stereocenters. The molecule has 2 amide bonds. The summed E-state index contributed by atoms with van der Waals surface area (Å²) in [5.74, 6) is 0.555. The van der Waals surface area contributed by atoms with Crippen molar-refractivity contribution < 1.29 is 14.3 Å². The van der Waals surface area contributed by atoms with Gasteiger partial charge in [-0.1, -0.05) is 41.4 Å². The van der Waals surface area contributed by atoms with Gasteiger partial charge in [-0.25, -0.2) is 4.79 Å². The van der Waals surface area contributed by atoms with Crippen molar-refractivity contribution in [3.05, 3.63) is 58.6 Å². The Morgan fingerprint density at radius 1 is 1.17 bits per heavy atom. The molecule has 6 heteroatoms. The highest BCUT2D eigenvalue weighted by atomic mass is 35.5. The quantitative estimate of drug-likeness (QED) is 0.744. The summed E-state index contributed by atoms with van der Waals surface area (Å²) < 4.78 is 10.4. The van der Waals surface area contributed by atoms with Crippen LogP contribution in [0.2, 0.25) is 5.02 Å². The number of hydrogen-bond acceptors (Lipinski definition) is 3. The largest absolute Gasteiger partial charge is 0.490 e. The fraction of sp³-hybridized carbons (Fsp3) is 0.278. The highest BCUT2D eigenvalue weighted by molar-refractivity contribution is 6.32. The Morgan fingerprint density at radius 2 is 2.00 bits per heavy atom. The Bertz CT molecular complexity index is 692. The monoisotopic (exact) mass is 348 g/mol. The molecule has 2 aromatic rings. The van der Waals surface area contributed by atoms with E-state index in [1.165, 1.54) is 0 Å². The number of aryl methyl sites for hydroxylation is 1. The summed E-state index contributed by atoms with van der Waals surface area (Å²) in [4.78, 5) is 12.0. The second-order valence-electron chi connectivity index (χ2n) is 5.28. The molecule has 2 N–H and O–H groups in total. The minimum atomic E-state index is -0.291. The zero-order chi connectivity index (χ0) is 17.4. The van der Waals surface area contributed by atoms with Gasteiger partial charge in [0.25, 0.3) is 0 Å². The third kappa shape index (κ3) is 5.76. The summed E-state index contributed by atoms with van der Waals surface area (Å²) in [7, 11) is 1.60. The topological polar surface area (TPSA) is 59.6 Å². The van der Waals surface area contributed by atoms with Crippen LogP contribution >= 0.6 is 11.6 Å². The van der Waals surface area contributed by atoms with Crippen molar-refractivity contribution in [2.24, 2.45) is 0 Å². The normalized spacial score (nSPS) is 10.3. The first kappa shape index (κ1) is 18.1. The standard InChI is InChI=1S/C18H21ClN2O3/c1-13-4-3-5-14(10-13)12-20-18(22)21-15-6-7-17(16(19)11-15)24-9-8-23-2/h3-7,10-11H,8-9,12H2,1-2H3,(H2,20,21,22). The number of rotatable bonds is 7. The lowest BCUT2D eigenvalue weighted by Crippen LogP contribution is -2.28. The lowest BCUT2D eigenvalue weighted by atomic mass is 10.1. The van der Waals surface area contributed by atoms with Crippen LogP contribution in [0.3, 0.4) is 0 Å². The molecule has 0 saturated carbocycles. The van der Waals surface area contributed by atoms with Crippen molar-refractivity contribution in [3.63, 3.8) is 0 Å². The second kappa shape index (κ2) is 9.15. The molecule has 0 aliphatic rings. The summed E-state index contributed by atoms with van der Waals surface area (Å²) in [5.41, 5.74) is 2.80. The van der Waals surface area contributed by atoms with Crippen molar-refractivity contribution in [2.45, 2.75) is 13.5 Å². The molecule has 24 heavy (non-hydrogen) atoms. The summed E-state index contributed by atoms with van der Waals surface area (Å²) in [5, 5.41) is 5.99. The van der Waals surface area contributed by atoms with Crippen LogP contribution < -0.4 is 15.4 Å². The average molecular weight is 349 g/mol. The number of urea groups is 1. The lowest BCUT2D eigenvalue weighted by Gasteiger charge is -2.11. The lowest BCUT2D eigenvalue weighted by molar-refractivity contribution is 0.146. The maximum Gasteiger partial charge on any atom is 0.319 e. The first-order chi connectivity index (χ1) is 11.6. The van der Waals surface area contributed by atoms with E-state index in [4.69, 9.17) is 21.1 Å². The van der Waals surface area contributed by atoms with Crippen LogP contribution in [0.5, 0.6) is 5.75 Å². The van der Waals surface area contributed by atoms with Crippen LogP contribution in [0.4, 0.5) is 10.5 Å². The van der Waals surface area contributed by atoms with Gasteiger partial charge in [-0.05, 0) is 30.7 Å². The predicted octanol–water partition coefficient (Wildman–Crippen LogP) is 4.00. The number of halogens is 1. The van der Waals surface area contributed by atoms with Crippen LogP contribution in [0.1, 0.15) is 11.1 Å². The Labute approximate surface area is 146 Å². The summed E-state index contributed by atoms with van der Waals surface area (Å²) >= 11 is 6.14. The molecule has 0 radical (unpaired) electrons. The SMILES string of the molecule is COCCOc1ccc(NC(=O)NCc2cccc(C)c2)cc1Cl. The Hall–Kier alpha value is -2.24. The average Bonchev–Trinajstić information content (AvgIpc) is 2.55. The van der Waals surface area contributed by atoms with Crippen LogP contribution in [0, 0.1) is 6.92 Å². The van der Waals surface area contributed by atoms with E-state index >= 15 is 0 Å². The van der Waals surface area contributed by atoms with Crippen molar-refractivity contribution in [1.29, 1.82) is 0 Å². The molecule has 0 aliphatic heterocycles. The summed E-state index contributed by atoms with van der Waals surface area (Å²) in [6.45, 7) is 3.37. The van der Waals surface area contributed by atoms with E-state index in [2.05, 4.69) is 10.6 Å². The number of ether oxygens (including phenoxy) is 2. The van der Waals surface area contributed by atoms with E-state index < -0.39 is 0 Å². The van der Waals surface area contributed by atoms with Crippen molar-refractivity contribution in [3.8, 4) is 5.75 Å². The van der Waals surface area contributed by atoms with E-state index in [0.29, 0.717) is 36.2 Å².